The standard InChI is InChI=1S/C11H17N3O2/c1-8-3-5-11(16,6-4-8)10(15)9-7-12-13-14(9)2/h7-8,16H,3-6H2,1-2H3. The Bertz CT molecular complexity index is 392. The second-order valence-electron chi connectivity index (χ2n) is 4.79. The van der Waals surface area contributed by atoms with Gasteiger partial charge in [0, 0.05) is 7.05 Å². The number of hydrogen-bond acceptors (Lipinski definition) is 4. The lowest BCUT2D eigenvalue weighted by Gasteiger charge is -2.33. The summed E-state index contributed by atoms with van der Waals surface area (Å²) in [6.07, 6.45) is 4.29. The molecule has 16 heavy (non-hydrogen) atoms. The minimum absolute atomic E-state index is 0.244. The molecule has 1 saturated carbocycles. The van der Waals surface area contributed by atoms with Gasteiger partial charge in [0.15, 0.2) is 0 Å². The fraction of sp³-hybridized carbons (Fsp3) is 0.727. The van der Waals surface area contributed by atoms with Crippen LogP contribution in [0.15, 0.2) is 6.20 Å². The van der Waals surface area contributed by atoms with Crippen molar-refractivity contribution in [1.29, 1.82) is 0 Å². The second kappa shape index (κ2) is 3.97. The van der Waals surface area contributed by atoms with Crippen LogP contribution in [0.2, 0.25) is 0 Å². The predicted octanol–water partition coefficient (Wildman–Crippen LogP) is 0.939. The molecule has 5 nitrogen and oxygen atoms in total. The minimum Gasteiger partial charge on any atom is -0.382 e. The molecule has 0 atom stereocenters. The number of hydrogen-bond donors (Lipinski definition) is 1. The van der Waals surface area contributed by atoms with E-state index in [9.17, 15) is 9.90 Å². The molecule has 1 aromatic rings. The average Bonchev–Trinajstić information content (AvgIpc) is 2.68. The molecule has 2 rings (SSSR count). The topological polar surface area (TPSA) is 68.0 Å². The van der Waals surface area contributed by atoms with Crippen LogP contribution in [0.1, 0.15) is 43.1 Å². The Morgan fingerprint density at radius 3 is 2.69 bits per heavy atom. The van der Waals surface area contributed by atoms with Crippen molar-refractivity contribution in [3.63, 3.8) is 0 Å². The molecule has 0 bridgehead atoms. The van der Waals surface area contributed by atoms with E-state index in [0.717, 1.165) is 12.8 Å². The molecule has 0 aliphatic heterocycles. The van der Waals surface area contributed by atoms with E-state index >= 15 is 0 Å². The Morgan fingerprint density at radius 1 is 1.56 bits per heavy atom. The number of carbonyl (C=O) groups is 1. The highest BCUT2D eigenvalue weighted by molar-refractivity contribution is 6.00. The molecule has 0 saturated heterocycles. The van der Waals surface area contributed by atoms with E-state index < -0.39 is 5.60 Å². The SMILES string of the molecule is CC1CCC(O)(C(=O)c2cnnn2C)CC1. The van der Waals surface area contributed by atoms with Crippen molar-refractivity contribution in [2.24, 2.45) is 13.0 Å². The maximum atomic E-state index is 12.2. The zero-order valence-electron chi connectivity index (χ0n) is 9.68. The molecule has 1 fully saturated rings. The summed E-state index contributed by atoms with van der Waals surface area (Å²) in [7, 11) is 1.66. The molecule has 1 heterocycles. The number of rotatable bonds is 2. The van der Waals surface area contributed by atoms with E-state index in [1.165, 1.54) is 10.9 Å². The van der Waals surface area contributed by atoms with Gasteiger partial charge in [0.2, 0.25) is 5.78 Å². The lowest BCUT2D eigenvalue weighted by molar-refractivity contribution is 0.00346. The largest absolute Gasteiger partial charge is 0.382 e. The molecule has 1 aromatic heterocycles. The van der Waals surface area contributed by atoms with Crippen molar-refractivity contribution in [2.45, 2.75) is 38.2 Å². The number of aliphatic hydroxyl groups is 1. The molecule has 1 N–H and O–H groups in total. The fourth-order valence-electron chi connectivity index (χ4n) is 2.20. The van der Waals surface area contributed by atoms with Crippen molar-refractivity contribution in [1.82, 2.24) is 15.0 Å². The number of aryl methyl sites for hydroxylation is 1. The molecule has 88 valence electrons. The summed E-state index contributed by atoms with van der Waals surface area (Å²) in [6, 6.07) is 0. The first kappa shape index (κ1) is 11.3. The highest BCUT2D eigenvalue weighted by Crippen LogP contribution is 2.33. The highest BCUT2D eigenvalue weighted by atomic mass is 16.3. The van der Waals surface area contributed by atoms with Gasteiger partial charge in [0.05, 0.1) is 6.20 Å². The van der Waals surface area contributed by atoms with Gasteiger partial charge in [-0.1, -0.05) is 12.1 Å². The van der Waals surface area contributed by atoms with Crippen LogP contribution in [-0.2, 0) is 7.05 Å². The number of carbonyl (C=O) groups excluding carboxylic acids is 1. The predicted molar refractivity (Wildman–Crippen MR) is 57.9 cm³/mol. The Kier molecular flexibility index (Phi) is 2.80. The van der Waals surface area contributed by atoms with Crippen LogP contribution in [-0.4, -0.2) is 31.5 Å². The zero-order chi connectivity index (χ0) is 11.8. The highest BCUT2D eigenvalue weighted by Gasteiger charge is 2.40. The van der Waals surface area contributed by atoms with E-state index in [1.54, 1.807) is 7.05 Å². The summed E-state index contributed by atoms with van der Waals surface area (Å²) in [5.41, 5.74) is -0.820. The van der Waals surface area contributed by atoms with Crippen LogP contribution in [0, 0.1) is 5.92 Å². The molecule has 0 spiro atoms. The Morgan fingerprint density at radius 2 is 2.19 bits per heavy atom. The first-order valence-electron chi connectivity index (χ1n) is 5.65. The van der Waals surface area contributed by atoms with E-state index in [1.807, 2.05) is 0 Å². The zero-order valence-corrected chi connectivity index (χ0v) is 9.68. The Hall–Kier alpha value is -1.23. The van der Waals surface area contributed by atoms with Gasteiger partial charge in [-0.15, -0.1) is 5.10 Å². The number of nitrogens with zero attached hydrogens (tertiary/aromatic N) is 3. The van der Waals surface area contributed by atoms with Crippen molar-refractivity contribution in [2.75, 3.05) is 0 Å². The smallest absolute Gasteiger partial charge is 0.213 e. The van der Waals surface area contributed by atoms with Crippen molar-refractivity contribution < 1.29 is 9.90 Å². The monoisotopic (exact) mass is 223 g/mol. The molecule has 1 aliphatic carbocycles. The van der Waals surface area contributed by atoms with Crippen LogP contribution < -0.4 is 0 Å². The first-order valence-corrected chi connectivity index (χ1v) is 5.65. The number of aromatic nitrogens is 3. The van der Waals surface area contributed by atoms with Gasteiger partial charge in [0.1, 0.15) is 11.3 Å². The average molecular weight is 223 g/mol. The second-order valence-corrected chi connectivity index (χ2v) is 4.79. The van der Waals surface area contributed by atoms with Gasteiger partial charge >= 0.3 is 0 Å². The third kappa shape index (κ3) is 1.87. The van der Waals surface area contributed by atoms with Crippen LogP contribution in [0.4, 0.5) is 0 Å². The maximum Gasteiger partial charge on any atom is 0.213 e. The van der Waals surface area contributed by atoms with Gasteiger partial charge in [0.25, 0.3) is 0 Å². The summed E-state index contributed by atoms with van der Waals surface area (Å²) in [4.78, 5) is 12.2. The Balaban J connectivity index is 2.19. The normalized spacial score (nSPS) is 30.3. The molecular formula is C11H17N3O2. The van der Waals surface area contributed by atoms with Crippen molar-refractivity contribution in [3.8, 4) is 0 Å². The van der Waals surface area contributed by atoms with Crippen molar-refractivity contribution in [3.05, 3.63) is 11.9 Å². The quantitative estimate of drug-likeness (QED) is 0.758. The minimum atomic E-state index is -1.21. The molecular weight excluding hydrogens is 206 g/mol. The number of ketones is 1. The molecule has 5 heteroatoms. The lowest BCUT2D eigenvalue weighted by Crippen LogP contribution is -2.42. The summed E-state index contributed by atoms with van der Waals surface area (Å²) in [5, 5.41) is 17.7. The molecule has 0 radical (unpaired) electrons. The first-order chi connectivity index (χ1) is 7.53. The third-order valence-corrected chi connectivity index (χ3v) is 3.47. The molecule has 1 aliphatic rings. The van der Waals surface area contributed by atoms with Gasteiger partial charge in [-0.3, -0.25) is 4.79 Å². The van der Waals surface area contributed by atoms with Gasteiger partial charge in [-0.25, -0.2) is 4.68 Å². The maximum absolute atomic E-state index is 12.2. The summed E-state index contributed by atoms with van der Waals surface area (Å²) < 4.78 is 1.42. The summed E-state index contributed by atoms with van der Waals surface area (Å²) in [6.45, 7) is 2.15. The van der Waals surface area contributed by atoms with Crippen molar-refractivity contribution >= 4 is 5.78 Å². The van der Waals surface area contributed by atoms with Gasteiger partial charge in [-0.05, 0) is 31.6 Å². The van der Waals surface area contributed by atoms with Crippen LogP contribution >= 0.6 is 0 Å². The fourth-order valence-corrected chi connectivity index (χ4v) is 2.20. The van der Waals surface area contributed by atoms with Gasteiger partial charge < -0.3 is 5.11 Å². The third-order valence-electron chi connectivity index (χ3n) is 3.47. The lowest BCUT2D eigenvalue weighted by atomic mass is 9.76. The van der Waals surface area contributed by atoms with Crippen LogP contribution in [0.3, 0.4) is 0 Å². The number of Topliss-reactive ketones (excluding diaryl/α,β-unsaturated/α-hetero) is 1. The van der Waals surface area contributed by atoms with E-state index in [4.69, 9.17) is 0 Å². The summed E-state index contributed by atoms with van der Waals surface area (Å²) >= 11 is 0. The van der Waals surface area contributed by atoms with E-state index in [0.29, 0.717) is 24.5 Å². The van der Waals surface area contributed by atoms with Gasteiger partial charge in [-0.2, -0.15) is 0 Å². The Labute approximate surface area is 94.5 Å². The van der Waals surface area contributed by atoms with Crippen LogP contribution in [0.25, 0.3) is 0 Å². The molecule has 0 aromatic carbocycles. The van der Waals surface area contributed by atoms with E-state index in [-0.39, 0.29) is 5.78 Å². The van der Waals surface area contributed by atoms with Crippen LogP contribution in [0.5, 0.6) is 0 Å². The molecule has 0 unspecified atom stereocenters. The molecule has 0 amide bonds. The van der Waals surface area contributed by atoms with E-state index in [2.05, 4.69) is 17.2 Å². The summed E-state index contributed by atoms with van der Waals surface area (Å²) in [5.74, 6) is 0.352.